The lowest BCUT2D eigenvalue weighted by Gasteiger charge is -2.02. The number of carboxylic acids is 1. The highest BCUT2D eigenvalue weighted by Gasteiger charge is 2.06. The van der Waals surface area contributed by atoms with Crippen LogP contribution in [0.3, 0.4) is 0 Å². The Morgan fingerprint density at radius 3 is 2.59 bits per heavy atom. The van der Waals surface area contributed by atoms with Crippen LogP contribution in [0.25, 0.3) is 0 Å². The average Bonchev–Trinajstić information content (AvgIpc) is 2.32. The molecule has 17 heavy (non-hydrogen) atoms. The van der Waals surface area contributed by atoms with Crippen molar-refractivity contribution in [1.29, 1.82) is 0 Å². The molecule has 2 rings (SSSR count). The van der Waals surface area contributed by atoms with Crippen LogP contribution in [0.2, 0.25) is 5.02 Å². The number of aromatic nitrogens is 2. The first-order valence-corrected chi connectivity index (χ1v) is 5.31. The van der Waals surface area contributed by atoms with E-state index in [0.717, 1.165) is 5.56 Å². The van der Waals surface area contributed by atoms with Crippen LogP contribution in [0.1, 0.15) is 21.7 Å². The maximum absolute atomic E-state index is 10.7. The molecular formula is C12H9ClN2O2. The fourth-order valence-corrected chi connectivity index (χ4v) is 1.55. The van der Waals surface area contributed by atoms with Crippen molar-refractivity contribution in [3.8, 4) is 0 Å². The smallest absolute Gasteiger partial charge is 0.354 e. The largest absolute Gasteiger partial charge is 0.477 e. The van der Waals surface area contributed by atoms with Crippen molar-refractivity contribution in [2.75, 3.05) is 0 Å². The molecule has 1 aromatic carbocycles. The summed E-state index contributed by atoms with van der Waals surface area (Å²) in [6.07, 6.45) is 1.81. The molecule has 86 valence electrons. The van der Waals surface area contributed by atoms with E-state index in [2.05, 4.69) is 9.97 Å². The molecule has 0 bridgehead atoms. The third-order valence-electron chi connectivity index (χ3n) is 2.24. The van der Waals surface area contributed by atoms with E-state index in [0.29, 0.717) is 17.1 Å². The van der Waals surface area contributed by atoms with Crippen LogP contribution in [0.15, 0.2) is 36.7 Å². The van der Waals surface area contributed by atoms with Crippen LogP contribution in [0.5, 0.6) is 0 Å². The second-order valence-corrected chi connectivity index (χ2v) is 3.94. The fraction of sp³-hybridized carbons (Fsp3) is 0.0833. The number of hydrogen-bond donors (Lipinski definition) is 1. The highest BCUT2D eigenvalue weighted by Crippen LogP contribution is 2.12. The standard InChI is InChI=1S/C12H9ClN2O2/c13-9-3-1-8(2-4-9)5-10-6-11(12(16)17)15-7-14-10/h1-4,6-7H,5H2,(H,16,17). The number of rotatable bonds is 3. The Morgan fingerprint density at radius 1 is 1.24 bits per heavy atom. The van der Waals surface area contributed by atoms with Crippen LogP contribution in [-0.4, -0.2) is 21.0 Å². The lowest BCUT2D eigenvalue weighted by molar-refractivity contribution is 0.0690. The summed E-state index contributed by atoms with van der Waals surface area (Å²) in [5.41, 5.74) is 1.69. The van der Waals surface area contributed by atoms with Crippen molar-refractivity contribution < 1.29 is 9.90 Å². The van der Waals surface area contributed by atoms with Gasteiger partial charge < -0.3 is 5.11 Å². The summed E-state index contributed by atoms with van der Waals surface area (Å²) < 4.78 is 0. The molecule has 4 nitrogen and oxygen atoms in total. The molecule has 2 aromatic rings. The third-order valence-corrected chi connectivity index (χ3v) is 2.49. The first kappa shape index (κ1) is 11.5. The summed E-state index contributed by atoms with van der Waals surface area (Å²) in [6.45, 7) is 0. The molecular weight excluding hydrogens is 240 g/mol. The topological polar surface area (TPSA) is 63.1 Å². The van der Waals surface area contributed by atoms with Crippen molar-refractivity contribution in [1.82, 2.24) is 9.97 Å². The predicted octanol–water partition coefficient (Wildman–Crippen LogP) is 2.42. The Morgan fingerprint density at radius 2 is 1.94 bits per heavy atom. The van der Waals surface area contributed by atoms with E-state index in [1.54, 1.807) is 12.1 Å². The van der Waals surface area contributed by atoms with Gasteiger partial charge >= 0.3 is 5.97 Å². The van der Waals surface area contributed by atoms with E-state index < -0.39 is 5.97 Å². The number of aromatic carboxylic acids is 1. The maximum atomic E-state index is 10.7. The number of nitrogens with zero attached hydrogens (tertiary/aromatic N) is 2. The molecule has 0 aliphatic rings. The normalized spacial score (nSPS) is 10.2. The van der Waals surface area contributed by atoms with Gasteiger partial charge in [-0.1, -0.05) is 23.7 Å². The van der Waals surface area contributed by atoms with E-state index in [1.807, 2.05) is 12.1 Å². The van der Waals surface area contributed by atoms with Gasteiger partial charge in [-0.3, -0.25) is 0 Å². The van der Waals surface area contributed by atoms with Gasteiger partial charge in [-0.15, -0.1) is 0 Å². The van der Waals surface area contributed by atoms with E-state index in [-0.39, 0.29) is 5.69 Å². The van der Waals surface area contributed by atoms with Crippen molar-refractivity contribution >= 4 is 17.6 Å². The second-order valence-electron chi connectivity index (χ2n) is 3.50. The number of benzene rings is 1. The summed E-state index contributed by atoms with van der Waals surface area (Å²) in [5.74, 6) is -1.05. The molecule has 0 saturated carbocycles. The number of carbonyl (C=O) groups is 1. The van der Waals surface area contributed by atoms with Crippen molar-refractivity contribution in [3.05, 3.63) is 58.6 Å². The van der Waals surface area contributed by atoms with Gasteiger partial charge in [0.05, 0.1) is 0 Å². The quantitative estimate of drug-likeness (QED) is 0.906. The highest BCUT2D eigenvalue weighted by molar-refractivity contribution is 6.30. The molecule has 0 saturated heterocycles. The molecule has 1 N–H and O–H groups in total. The van der Waals surface area contributed by atoms with Gasteiger partial charge in [0.15, 0.2) is 5.69 Å². The Balaban J connectivity index is 2.21. The minimum absolute atomic E-state index is 0.00367. The molecule has 1 heterocycles. The Kier molecular flexibility index (Phi) is 3.35. The number of hydrogen-bond acceptors (Lipinski definition) is 3. The molecule has 1 aromatic heterocycles. The van der Waals surface area contributed by atoms with Crippen LogP contribution in [0.4, 0.5) is 0 Å². The summed E-state index contributed by atoms with van der Waals surface area (Å²) in [5, 5.41) is 9.47. The maximum Gasteiger partial charge on any atom is 0.354 e. The Bertz CT molecular complexity index is 540. The third kappa shape index (κ3) is 3.01. The van der Waals surface area contributed by atoms with Gasteiger partial charge in [0, 0.05) is 17.1 Å². The minimum atomic E-state index is -1.05. The fourth-order valence-electron chi connectivity index (χ4n) is 1.42. The van der Waals surface area contributed by atoms with Crippen LogP contribution >= 0.6 is 11.6 Å². The summed E-state index contributed by atoms with van der Waals surface area (Å²) in [4.78, 5) is 18.4. The van der Waals surface area contributed by atoms with E-state index in [4.69, 9.17) is 16.7 Å². The van der Waals surface area contributed by atoms with Gasteiger partial charge in [-0.2, -0.15) is 0 Å². The van der Waals surface area contributed by atoms with Gasteiger partial charge in [-0.25, -0.2) is 14.8 Å². The number of halogens is 1. The molecule has 0 amide bonds. The van der Waals surface area contributed by atoms with Gasteiger partial charge in [-0.05, 0) is 23.8 Å². The second kappa shape index (κ2) is 4.93. The highest BCUT2D eigenvalue weighted by atomic mass is 35.5. The molecule has 0 radical (unpaired) electrons. The zero-order valence-electron chi connectivity index (χ0n) is 8.80. The zero-order chi connectivity index (χ0) is 12.3. The predicted molar refractivity (Wildman–Crippen MR) is 63.2 cm³/mol. The lowest BCUT2D eigenvalue weighted by Crippen LogP contribution is -2.03. The Hall–Kier alpha value is -1.94. The molecule has 0 unspecified atom stereocenters. The molecule has 0 fully saturated rings. The first-order chi connectivity index (χ1) is 8.15. The van der Waals surface area contributed by atoms with Gasteiger partial charge in [0.2, 0.25) is 0 Å². The van der Waals surface area contributed by atoms with Crippen molar-refractivity contribution in [3.63, 3.8) is 0 Å². The molecule has 0 aliphatic heterocycles. The van der Waals surface area contributed by atoms with E-state index in [9.17, 15) is 4.79 Å². The molecule has 0 spiro atoms. The zero-order valence-corrected chi connectivity index (χ0v) is 9.55. The summed E-state index contributed by atoms with van der Waals surface area (Å²) >= 11 is 5.78. The monoisotopic (exact) mass is 248 g/mol. The summed E-state index contributed by atoms with van der Waals surface area (Å²) in [6, 6.07) is 8.80. The van der Waals surface area contributed by atoms with E-state index in [1.165, 1.54) is 12.4 Å². The van der Waals surface area contributed by atoms with Gasteiger partial charge in [0.25, 0.3) is 0 Å². The number of carboxylic acid groups (broad SMARTS) is 1. The van der Waals surface area contributed by atoms with Crippen LogP contribution in [-0.2, 0) is 6.42 Å². The molecule has 5 heteroatoms. The minimum Gasteiger partial charge on any atom is -0.477 e. The van der Waals surface area contributed by atoms with Crippen molar-refractivity contribution in [2.45, 2.75) is 6.42 Å². The lowest BCUT2D eigenvalue weighted by atomic mass is 10.1. The van der Waals surface area contributed by atoms with Gasteiger partial charge in [0.1, 0.15) is 6.33 Å². The molecule has 0 atom stereocenters. The Labute approximate surface area is 103 Å². The summed E-state index contributed by atoms with van der Waals surface area (Å²) in [7, 11) is 0. The van der Waals surface area contributed by atoms with E-state index >= 15 is 0 Å². The average molecular weight is 249 g/mol. The van der Waals surface area contributed by atoms with Crippen LogP contribution < -0.4 is 0 Å². The van der Waals surface area contributed by atoms with Crippen molar-refractivity contribution in [2.24, 2.45) is 0 Å². The molecule has 0 aliphatic carbocycles. The van der Waals surface area contributed by atoms with Crippen LogP contribution in [0, 0.1) is 0 Å². The SMILES string of the molecule is O=C(O)c1cc(Cc2ccc(Cl)cc2)ncn1. The first-order valence-electron chi connectivity index (χ1n) is 4.94.